The Morgan fingerprint density at radius 2 is 1.91 bits per heavy atom. The van der Waals surface area contributed by atoms with Crippen molar-refractivity contribution >= 4 is 13.7 Å². The van der Waals surface area contributed by atoms with Gasteiger partial charge in [0.1, 0.15) is 11.4 Å². The number of benzene rings is 1. The quantitative estimate of drug-likeness (QED) is 0.343. The summed E-state index contributed by atoms with van der Waals surface area (Å²) in [6.45, 7) is 3.64. The molecule has 0 saturated carbocycles. The normalized spacial score (nSPS) is 12.5. The van der Waals surface area contributed by atoms with Crippen molar-refractivity contribution in [2.75, 3.05) is 13.2 Å². The fourth-order valence-electron chi connectivity index (χ4n) is 1.60. The summed E-state index contributed by atoms with van der Waals surface area (Å²) in [5, 5.41) is 27.6. The average molecular weight is 323 g/mol. The summed E-state index contributed by atoms with van der Waals surface area (Å²) < 4.78 is 22.6. The van der Waals surface area contributed by atoms with Crippen molar-refractivity contribution in [3.63, 3.8) is 0 Å². The molecule has 0 amide bonds. The highest BCUT2D eigenvalue weighted by molar-refractivity contribution is 7.58. The van der Waals surface area contributed by atoms with Crippen molar-refractivity contribution in [3.8, 4) is 17.6 Å². The van der Waals surface area contributed by atoms with Crippen LogP contribution >= 0.6 is 7.60 Å². The minimum Gasteiger partial charge on any atom is -0.504 e. The Bertz CT molecular complexity index is 650. The Morgan fingerprint density at radius 1 is 1.27 bits per heavy atom. The van der Waals surface area contributed by atoms with E-state index in [0.717, 1.165) is 0 Å². The van der Waals surface area contributed by atoms with Crippen LogP contribution in [-0.2, 0) is 13.6 Å². The van der Waals surface area contributed by atoms with E-state index < -0.39 is 7.60 Å². The van der Waals surface area contributed by atoms with Gasteiger partial charge in [0.2, 0.25) is 0 Å². The third-order valence-electron chi connectivity index (χ3n) is 2.55. The van der Waals surface area contributed by atoms with Crippen LogP contribution in [0, 0.1) is 11.3 Å². The van der Waals surface area contributed by atoms with Gasteiger partial charge in [0.15, 0.2) is 11.5 Å². The number of hydrogen-bond donors (Lipinski definition) is 2. The van der Waals surface area contributed by atoms with Crippen molar-refractivity contribution in [2.45, 2.75) is 13.8 Å². The van der Waals surface area contributed by atoms with E-state index >= 15 is 0 Å². The maximum Gasteiger partial charge on any atom is 0.371 e. The van der Waals surface area contributed by atoms with E-state index in [1.807, 2.05) is 6.07 Å². The van der Waals surface area contributed by atoms with Gasteiger partial charge in [-0.25, -0.2) is 0 Å². The molecule has 1 rings (SSSR count). The standard InChI is InChI=1S/C15H18NO5P/c1-3-20-22(19,21-4-2)13(11-16)7-5-6-12-8-9-14(17)15(18)10-12/h5-10,17-18H,3-4H2,1-2H3. The Kier molecular flexibility index (Phi) is 6.87. The van der Waals surface area contributed by atoms with Gasteiger partial charge in [0, 0.05) is 0 Å². The number of phenols is 2. The van der Waals surface area contributed by atoms with Crippen molar-refractivity contribution in [2.24, 2.45) is 0 Å². The fraction of sp³-hybridized carbons (Fsp3) is 0.267. The first-order valence-corrected chi connectivity index (χ1v) is 8.21. The fourth-order valence-corrected chi connectivity index (χ4v) is 3.02. The van der Waals surface area contributed by atoms with E-state index in [2.05, 4.69) is 0 Å². The lowest BCUT2D eigenvalue weighted by atomic mass is 10.2. The van der Waals surface area contributed by atoms with Gasteiger partial charge < -0.3 is 19.3 Å². The zero-order chi connectivity index (χ0) is 16.6. The molecule has 0 fully saturated rings. The maximum atomic E-state index is 12.4. The SMILES string of the molecule is CCOP(=O)(OCC)C(C#N)=CC=Cc1ccc(O)c(O)c1. The molecule has 1 aromatic rings. The van der Waals surface area contributed by atoms with Crippen molar-refractivity contribution < 1.29 is 23.8 Å². The predicted molar refractivity (Wildman–Crippen MR) is 83.4 cm³/mol. The van der Waals surface area contributed by atoms with Gasteiger partial charge in [-0.1, -0.05) is 18.2 Å². The third kappa shape index (κ3) is 4.74. The molecule has 0 aliphatic rings. The number of rotatable bonds is 7. The van der Waals surface area contributed by atoms with E-state index in [4.69, 9.17) is 14.3 Å². The highest BCUT2D eigenvalue weighted by atomic mass is 31.2. The molecule has 0 heterocycles. The smallest absolute Gasteiger partial charge is 0.371 e. The average Bonchev–Trinajstić information content (AvgIpc) is 2.47. The van der Waals surface area contributed by atoms with E-state index in [1.165, 1.54) is 24.3 Å². The highest BCUT2D eigenvalue weighted by Crippen LogP contribution is 2.55. The van der Waals surface area contributed by atoms with E-state index in [-0.39, 0.29) is 30.0 Å². The van der Waals surface area contributed by atoms with Crippen LogP contribution in [0.1, 0.15) is 19.4 Å². The lowest BCUT2D eigenvalue weighted by Gasteiger charge is -2.15. The zero-order valence-corrected chi connectivity index (χ0v) is 13.3. The minimum atomic E-state index is -3.61. The first-order valence-electron chi connectivity index (χ1n) is 6.67. The van der Waals surface area contributed by atoms with Crippen LogP contribution in [0.5, 0.6) is 11.5 Å². The van der Waals surface area contributed by atoms with Gasteiger partial charge in [-0.3, -0.25) is 4.57 Å². The lowest BCUT2D eigenvalue weighted by Crippen LogP contribution is -1.97. The summed E-state index contributed by atoms with van der Waals surface area (Å²) in [6, 6.07) is 6.11. The highest BCUT2D eigenvalue weighted by Gasteiger charge is 2.29. The van der Waals surface area contributed by atoms with Crippen LogP contribution in [0.4, 0.5) is 0 Å². The number of allylic oxidation sites excluding steroid dienone is 3. The van der Waals surface area contributed by atoms with Gasteiger partial charge in [0.05, 0.1) is 13.2 Å². The van der Waals surface area contributed by atoms with Crippen LogP contribution in [0.2, 0.25) is 0 Å². The Balaban J connectivity index is 3.01. The molecule has 22 heavy (non-hydrogen) atoms. The topological polar surface area (TPSA) is 99.8 Å². The summed E-state index contributed by atoms with van der Waals surface area (Å²) in [4.78, 5) is 0. The maximum absolute atomic E-state index is 12.4. The largest absolute Gasteiger partial charge is 0.504 e. The van der Waals surface area contributed by atoms with E-state index in [9.17, 15) is 14.8 Å². The second-order valence-electron chi connectivity index (χ2n) is 4.10. The summed E-state index contributed by atoms with van der Waals surface area (Å²) in [7, 11) is -3.61. The molecule has 0 aliphatic carbocycles. The van der Waals surface area contributed by atoms with Crippen LogP contribution in [0.25, 0.3) is 6.08 Å². The summed E-state index contributed by atoms with van der Waals surface area (Å²) >= 11 is 0. The summed E-state index contributed by atoms with van der Waals surface area (Å²) in [5.41, 5.74) is 0.603. The predicted octanol–water partition coefficient (Wildman–Crippen LogP) is 3.78. The molecule has 0 atom stereocenters. The zero-order valence-electron chi connectivity index (χ0n) is 12.4. The Labute approximate surface area is 129 Å². The second kappa shape index (κ2) is 8.40. The molecule has 118 valence electrons. The van der Waals surface area contributed by atoms with E-state index in [0.29, 0.717) is 5.56 Å². The molecule has 0 unspecified atom stereocenters. The molecule has 0 spiro atoms. The van der Waals surface area contributed by atoms with Gasteiger partial charge >= 0.3 is 7.60 Å². The molecule has 6 nitrogen and oxygen atoms in total. The number of nitrogens with zero attached hydrogens (tertiary/aromatic N) is 1. The van der Waals surface area contributed by atoms with E-state index in [1.54, 1.807) is 26.0 Å². The number of hydrogen-bond acceptors (Lipinski definition) is 6. The lowest BCUT2D eigenvalue weighted by molar-refractivity contribution is 0.227. The molecule has 0 bridgehead atoms. The molecule has 0 aromatic heterocycles. The monoisotopic (exact) mass is 323 g/mol. The second-order valence-corrected chi connectivity index (χ2v) is 6.10. The van der Waals surface area contributed by atoms with Crippen molar-refractivity contribution in [1.29, 1.82) is 5.26 Å². The van der Waals surface area contributed by atoms with Gasteiger partial charge in [-0.05, 0) is 37.6 Å². The number of nitriles is 1. The van der Waals surface area contributed by atoms with Gasteiger partial charge in [-0.15, -0.1) is 0 Å². The van der Waals surface area contributed by atoms with Gasteiger partial charge in [0.25, 0.3) is 0 Å². The molecular weight excluding hydrogens is 305 g/mol. The van der Waals surface area contributed by atoms with Crippen LogP contribution in [0.3, 0.4) is 0 Å². The minimum absolute atomic E-state index is 0.101. The molecular formula is C15H18NO5P. The number of aromatic hydroxyl groups is 2. The van der Waals surface area contributed by atoms with Gasteiger partial charge in [-0.2, -0.15) is 5.26 Å². The van der Waals surface area contributed by atoms with Crippen LogP contribution < -0.4 is 0 Å². The van der Waals surface area contributed by atoms with Crippen LogP contribution in [0.15, 0.2) is 35.7 Å². The molecule has 7 heteroatoms. The Hall–Kier alpha value is -2.06. The number of phenolic OH excluding ortho intramolecular Hbond substituents is 2. The third-order valence-corrected chi connectivity index (χ3v) is 4.59. The summed E-state index contributed by atoms with van der Waals surface area (Å²) in [5.74, 6) is -0.469. The summed E-state index contributed by atoms with van der Waals surface area (Å²) in [6.07, 6.45) is 4.42. The molecule has 1 aromatic carbocycles. The molecule has 2 N–H and O–H groups in total. The van der Waals surface area contributed by atoms with Crippen LogP contribution in [-0.4, -0.2) is 23.4 Å². The molecule has 0 aliphatic heterocycles. The van der Waals surface area contributed by atoms with Crippen molar-refractivity contribution in [1.82, 2.24) is 0 Å². The molecule has 0 radical (unpaired) electrons. The first-order chi connectivity index (χ1) is 10.5. The van der Waals surface area contributed by atoms with Crippen molar-refractivity contribution in [3.05, 3.63) is 41.2 Å². The first kappa shape index (κ1) is 18.0. The Morgan fingerprint density at radius 3 is 2.41 bits per heavy atom. The molecule has 0 saturated heterocycles.